The molecule has 202 valence electrons. The van der Waals surface area contributed by atoms with Crippen LogP contribution in [0.3, 0.4) is 0 Å². The maximum atomic E-state index is 13.9. The fraction of sp³-hybridized carbons (Fsp3) is 0.179. The van der Waals surface area contributed by atoms with Crippen LogP contribution < -0.4 is 10.2 Å². The normalized spacial score (nSPS) is 13.1. The number of nitrogens with zero attached hydrogens (tertiary/aromatic N) is 6. The van der Waals surface area contributed by atoms with Crippen molar-refractivity contribution in [2.45, 2.75) is 12.6 Å². The molecule has 40 heavy (non-hydrogen) atoms. The van der Waals surface area contributed by atoms with Crippen LogP contribution in [0.15, 0.2) is 78.4 Å². The predicted octanol–water partition coefficient (Wildman–Crippen LogP) is 3.00. The van der Waals surface area contributed by atoms with Crippen molar-refractivity contribution in [2.75, 3.05) is 30.9 Å². The SMILES string of the molecule is CN(C)c1ccc(NC(=O)[C@@H](c2csnn2)N(Cc2cccnc2)C(=O)CN2C(=O)c3ccccc3C2=O)cc1. The summed E-state index contributed by atoms with van der Waals surface area (Å²) in [5, 5.41) is 8.55. The highest BCUT2D eigenvalue weighted by Crippen LogP contribution is 2.27. The number of nitrogens with one attached hydrogen (secondary N) is 1. The summed E-state index contributed by atoms with van der Waals surface area (Å²) in [7, 11) is 3.82. The van der Waals surface area contributed by atoms with E-state index in [1.165, 1.54) is 4.90 Å². The summed E-state index contributed by atoms with van der Waals surface area (Å²) in [5.41, 5.74) is 2.85. The minimum Gasteiger partial charge on any atom is -0.378 e. The molecule has 0 fully saturated rings. The molecule has 0 aliphatic carbocycles. The minimum atomic E-state index is -1.20. The third kappa shape index (κ3) is 5.43. The van der Waals surface area contributed by atoms with Gasteiger partial charge in [0, 0.05) is 49.8 Å². The van der Waals surface area contributed by atoms with Crippen molar-refractivity contribution < 1.29 is 19.2 Å². The quantitative estimate of drug-likeness (QED) is 0.312. The van der Waals surface area contributed by atoms with Gasteiger partial charge in [0.2, 0.25) is 5.91 Å². The lowest BCUT2D eigenvalue weighted by atomic mass is 10.1. The summed E-state index contributed by atoms with van der Waals surface area (Å²) in [5.74, 6) is -2.26. The van der Waals surface area contributed by atoms with E-state index in [1.807, 2.05) is 31.1 Å². The van der Waals surface area contributed by atoms with Crippen molar-refractivity contribution in [3.8, 4) is 0 Å². The summed E-state index contributed by atoms with van der Waals surface area (Å²) >= 11 is 1.04. The van der Waals surface area contributed by atoms with Gasteiger partial charge in [-0.05, 0) is 59.6 Å². The average Bonchev–Trinajstić information content (AvgIpc) is 3.57. The zero-order valence-electron chi connectivity index (χ0n) is 21.7. The van der Waals surface area contributed by atoms with E-state index < -0.39 is 36.2 Å². The second kappa shape index (κ2) is 11.4. The Kier molecular flexibility index (Phi) is 7.60. The van der Waals surface area contributed by atoms with E-state index in [2.05, 4.69) is 19.9 Å². The lowest BCUT2D eigenvalue weighted by Gasteiger charge is -2.31. The summed E-state index contributed by atoms with van der Waals surface area (Å²) in [6.45, 7) is -0.573. The molecule has 11 nitrogen and oxygen atoms in total. The van der Waals surface area contributed by atoms with E-state index in [0.29, 0.717) is 11.3 Å². The fourth-order valence-electron chi connectivity index (χ4n) is 4.40. The highest BCUT2D eigenvalue weighted by atomic mass is 32.1. The number of carbonyl (C=O) groups excluding carboxylic acids is 4. The zero-order chi connectivity index (χ0) is 28.2. The maximum absolute atomic E-state index is 13.9. The second-order valence-corrected chi connectivity index (χ2v) is 9.90. The van der Waals surface area contributed by atoms with Gasteiger partial charge in [-0.3, -0.25) is 29.1 Å². The van der Waals surface area contributed by atoms with Crippen molar-refractivity contribution in [3.63, 3.8) is 0 Å². The summed E-state index contributed by atoms with van der Waals surface area (Å²) in [4.78, 5) is 61.9. The summed E-state index contributed by atoms with van der Waals surface area (Å²) in [6.07, 6.45) is 3.18. The molecule has 1 aliphatic heterocycles. The highest BCUT2D eigenvalue weighted by molar-refractivity contribution is 7.03. The Morgan fingerprint density at radius 3 is 2.25 bits per heavy atom. The third-order valence-corrected chi connectivity index (χ3v) is 6.96. The Labute approximate surface area is 234 Å². The van der Waals surface area contributed by atoms with Crippen LogP contribution in [-0.4, -0.2) is 68.6 Å². The van der Waals surface area contributed by atoms with Crippen molar-refractivity contribution in [1.82, 2.24) is 24.4 Å². The highest BCUT2D eigenvalue weighted by Gasteiger charge is 2.40. The molecular formula is C28H25N7O4S. The van der Waals surface area contributed by atoms with E-state index in [0.717, 1.165) is 22.1 Å². The Morgan fingerprint density at radius 2 is 1.68 bits per heavy atom. The molecule has 2 aromatic carbocycles. The van der Waals surface area contributed by atoms with E-state index >= 15 is 0 Å². The molecule has 0 unspecified atom stereocenters. The lowest BCUT2D eigenvalue weighted by molar-refractivity contribution is -0.140. The number of carbonyl (C=O) groups is 4. The standard InChI is InChI=1S/C28H25N7O4S/c1-33(2)20-11-9-19(10-12-20)30-26(37)25(23-17-40-32-31-23)34(15-18-6-5-13-29-14-18)24(36)16-35-27(38)21-7-3-4-8-22(21)28(35)39/h3-14,17,25H,15-16H2,1-2H3,(H,30,37)/t25-/m1/s1. The summed E-state index contributed by atoms with van der Waals surface area (Å²) in [6, 6.07) is 15.9. The maximum Gasteiger partial charge on any atom is 0.262 e. The number of pyridine rings is 1. The smallest absolute Gasteiger partial charge is 0.262 e. The Hall–Kier alpha value is -4.97. The molecule has 0 spiro atoms. The van der Waals surface area contributed by atoms with Gasteiger partial charge in [0.05, 0.1) is 11.1 Å². The molecule has 3 heterocycles. The van der Waals surface area contributed by atoms with Crippen LogP contribution in [0.4, 0.5) is 11.4 Å². The van der Waals surface area contributed by atoms with Crippen LogP contribution in [0.1, 0.15) is 38.0 Å². The number of imide groups is 1. The number of anilines is 2. The first kappa shape index (κ1) is 26.6. The first-order valence-corrected chi connectivity index (χ1v) is 13.2. The van der Waals surface area contributed by atoms with Crippen LogP contribution in [-0.2, 0) is 16.1 Å². The number of benzene rings is 2. The fourth-order valence-corrected chi connectivity index (χ4v) is 4.87. The molecule has 4 aromatic rings. The number of fused-ring (bicyclic) bond motifs is 1. The number of hydrogen-bond donors (Lipinski definition) is 1. The van der Waals surface area contributed by atoms with E-state index in [1.54, 1.807) is 66.3 Å². The average molecular weight is 556 g/mol. The van der Waals surface area contributed by atoms with Crippen LogP contribution >= 0.6 is 11.5 Å². The largest absolute Gasteiger partial charge is 0.378 e. The van der Waals surface area contributed by atoms with Gasteiger partial charge in [0.25, 0.3) is 17.7 Å². The van der Waals surface area contributed by atoms with E-state index in [4.69, 9.17) is 0 Å². The van der Waals surface area contributed by atoms with Gasteiger partial charge >= 0.3 is 0 Å². The van der Waals surface area contributed by atoms with Crippen molar-refractivity contribution >= 4 is 46.5 Å². The molecule has 1 N–H and O–H groups in total. The number of hydrogen-bond acceptors (Lipinski definition) is 9. The minimum absolute atomic E-state index is 0.0228. The summed E-state index contributed by atoms with van der Waals surface area (Å²) < 4.78 is 3.90. The Morgan fingerprint density at radius 1 is 0.975 bits per heavy atom. The van der Waals surface area contributed by atoms with Crippen LogP contribution in [0, 0.1) is 0 Å². The van der Waals surface area contributed by atoms with Gasteiger partial charge in [-0.25, -0.2) is 0 Å². The number of rotatable bonds is 9. The molecule has 5 rings (SSSR count). The van der Waals surface area contributed by atoms with Crippen molar-refractivity contribution in [1.29, 1.82) is 0 Å². The molecular weight excluding hydrogens is 530 g/mol. The van der Waals surface area contributed by atoms with E-state index in [9.17, 15) is 19.2 Å². The third-order valence-electron chi connectivity index (χ3n) is 6.44. The van der Waals surface area contributed by atoms with Gasteiger partial charge in [0.1, 0.15) is 12.2 Å². The Balaban J connectivity index is 1.47. The van der Waals surface area contributed by atoms with Crippen molar-refractivity contribution in [3.05, 3.63) is 101 Å². The molecule has 0 saturated carbocycles. The first-order valence-electron chi connectivity index (χ1n) is 12.3. The Bertz CT molecular complexity index is 1510. The van der Waals surface area contributed by atoms with Gasteiger partial charge in [-0.2, -0.15) is 0 Å². The molecule has 0 bridgehead atoms. The zero-order valence-corrected chi connectivity index (χ0v) is 22.5. The molecule has 1 aliphatic rings. The van der Waals surface area contributed by atoms with Crippen LogP contribution in [0.2, 0.25) is 0 Å². The second-order valence-electron chi connectivity index (χ2n) is 9.29. The molecule has 0 radical (unpaired) electrons. The number of amides is 4. The first-order chi connectivity index (χ1) is 19.3. The van der Waals surface area contributed by atoms with Gasteiger partial charge in [0.15, 0.2) is 6.04 Å². The van der Waals surface area contributed by atoms with Gasteiger partial charge in [-0.1, -0.05) is 22.7 Å². The van der Waals surface area contributed by atoms with Crippen LogP contribution in [0.25, 0.3) is 0 Å². The van der Waals surface area contributed by atoms with Gasteiger partial charge < -0.3 is 15.1 Å². The number of aromatic nitrogens is 3. The van der Waals surface area contributed by atoms with Crippen molar-refractivity contribution in [2.24, 2.45) is 0 Å². The topological polar surface area (TPSA) is 129 Å². The van der Waals surface area contributed by atoms with Gasteiger partial charge in [-0.15, -0.1) is 5.10 Å². The molecule has 0 saturated heterocycles. The lowest BCUT2D eigenvalue weighted by Crippen LogP contribution is -2.47. The molecule has 4 amide bonds. The molecule has 1 atom stereocenters. The monoisotopic (exact) mass is 555 g/mol. The predicted molar refractivity (Wildman–Crippen MR) is 149 cm³/mol. The molecule has 2 aromatic heterocycles. The molecule has 12 heteroatoms. The van der Waals surface area contributed by atoms with Crippen LogP contribution in [0.5, 0.6) is 0 Å². The van der Waals surface area contributed by atoms with E-state index in [-0.39, 0.29) is 23.4 Å².